The lowest BCUT2D eigenvalue weighted by molar-refractivity contribution is -0.139. The Morgan fingerprint density at radius 1 is 0.966 bits per heavy atom. The Labute approximate surface area is 169 Å². The van der Waals surface area contributed by atoms with Crippen LogP contribution in [-0.2, 0) is 16.1 Å². The standard InChI is InChI=1S/C23H25N3O3/c1-24-21(28)11-18(22(24)16-6-3-2-4-7-16)23(29)25-12-15-10-17(14-25)19-8-5-9-20(27)26(19)13-15/h2-9,15,17-18,22H,10-14H2,1H3/t15-,17+,18-,22-/m0/s1. The fourth-order valence-electron chi connectivity index (χ4n) is 5.51. The van der Waals surface area contributed by atoms with Crippen LogP contribution >= 0.6 is 0 Å². The van der Waals surface area contributed by atoms with Crippen LogP contribution in [0.4, 0.5) is 0 Å². The number of amides is 2. The Morgan fingerprint density at radius 3 is 2.55 bits per heavy atom. The zero-order chi connectivity index (χ0) is 20.1. The molecule has 6 heteroatoms. The van der Waals surface area contributed by atoms with E-state index in [0.717, 1.165) is 17.7 Å². The molecule has 5 rings (SSSR count). The molecular weight excluding hydrogens is 366 g/mol. The Bertz CT molecular complexity index is 1020. The van der Waals surface area contributed by atoms with Gasteiger partial charge in [0.25, 0.3) is 5.56 Å². The molecule has 0 N–H and O–H groups in total. The predicted octanol–water partition coefficient (Wildman–Crippen LogP) is 2.01. The molecule has 3 aliphatic heterocycles. The van der Waals surface area contributed by atoms with Gasteiger partial charge in [-0.2, -0.15) is 0 Å². The summed E-state index contributed by atoms with van der Waals surface area (Å²) in [6.07, 6.45) is 1.27. The van der Waals surface area contributed by atoms with Crippen LogP contribution in [0.25, 0.3) is 0 Å². The van der Waals surface area contributed by atoms with Crippen LogP contribution in [0.1, 0.15) is 36.1 Å². The fourth-order valence-corrected chi connectivity index (χ4v) is 5.51. The van der Waals surface area contributed by atoms with Gasteiger partial charge in [0.1, 0.15) is 0 Å². The minimum absolute atomic E-state index is 0.0197. The second-order valence-corrected chi connectivity index (χ2v) is 8.61. The summed E-state index contributed by atoms with van der Waals surface area (Å²) >= 11 is 0. The lowest BCUT2D eigenvalue weighted by Gasteiger charge is -2.43. The number of piperidine rings is 1. The van der Waals surface area contributed by atoms with Gasteiger partial charge in [0.2, 0.25) is 11.8 Å². The monoisotopic (exact) mass is 391 g/mol. The first-order chi connectivity index (χ1) is 14.0. The molecule has 29 heavy (non-hydrogen) atoms. The maximum absolute atomic E-state index is 13.6. The van der Waals surface area contributed by atoms with E-state index in [1.807, 2.05) is 51.9 Å². The van der Waals surface area contributed by atoms with Crippen molar-refractivity contribution < 1.29 is 9.59 Å². The van der Waals surface area contributed by atoms with E-state index in [1.165, 1.54) is 0 Å². The smallest absolute Gasteiger partial charge is 0.250 e. The first-order valence-corrected chi connectivity index (χ1v) is 10.3. The molecule has 2 aromatic rings. The molecule has 4 atom stereocenters. The van der Waals surface area contributed by atoms with E-state index in [-0.39, 0.29) is 47.6 Å². The summed E-state index contributed by atoms with van der Waals surface area (Å²) in [7, 11) is 1.79. The average Bonchev–Trinajstić information content (AvgIpc) is 3.03. The molecule has 2 amide bonds. The summed E-state index contributed by atoms with van der Waals surface area (Å²) in [6.45, 7) is 1.95. The maximum atomic E-state index is 13.6. The van der Waals surface area contributed by atoms with Gasteiger partial charge in [-0.05, 0) is 24.0 Å². The minimum Gasteiger partial charge on any atom is -0.341 e. The van der Waals surface area contributed by atoms with Gasteiger partial charge < -0.3 is 14.4 Å². The summed E-state index contributed by atoms with van der Waals surface area (Å²) in [6, 6.07) is 15.1. The zero-order valence-electron chi connectivity index (χ0n) is 16.5. The molecule has 3 aliphatic rings. The number of hydrogen-bond donors (Lipinski definition) is 0. The van der Waals surface area contributed by atoms with Gasteiger partial charge in [-0.1, -0.05) is 36.4 Å². The molecule has 6 nitrogen and oxygen atoms in total. The van der Waals surface area contributed by atoms with Gasteiger partial charge in [-0.3, -0.25) is 14.4 Å². The second kappa shape index (κ2) is 6.87. The molecule has 0 spiro atoms. The Hall–Kier alpha value is -2.89. The van der Waals surface area contributed by atoms with Gasteiger partial charge in [-0.15, -0.1) is 0 Å². The summed E-state index contributed by atoms with van der Waals surface area (Å²) in [4.78, 5) is 41.9. The number of pyridine rings is 1. The summed E-state index contributed by atoms with van der Waals surface area (Å²) in [5.41, 5.74) is 2.09. The fraction of sp³-hybridized carbons (Fsp3) is 0.435. The second-order valence-electron chi connectivity index (χ2n) is 8.61. The maximum Gasteiger partial charge on any atom is 0.250 e. The van der Waals surface area contributed by atoms with E-state index in [2.05, 4.69) is 0 Å². The van der Waals surface area contributed by atoms with Gasteiger partial charge in [-0.25, -0.2) is 0 Å². The number of nitrogens with zero attached hydrogens (tertiary/aromatic N) is 3. The van der Waals surface area contributed by atoms with Crippen molar-refractivity contribution >= 4 is 11.8 Å². The number of fused-ring (bicyclic) bond motifs is 4. The van der Waals surface area contributed by atoms with E-state index in [0.29, 0.717) is 19.6 Å². The van der Waals surface area contributed by atoms with Crippen LogP contribution in [0.15, 0.2) is 53.3 Å². The van der Waals surface area contributed by atoms with E-state index < -0.39 is 0 Å². The largest absolute Gasteiger partial charge is 0.341 e. The summed E-state index contributed by atoms with van der Waals surface area (Å²) in [5.74, 6) is 0.205. The number of carbonyl (C=O) groups is 2. The molecule has 0 saturated carbocycles. The minimum atomic E-state index is -0.355. The van der Waals surface area contributed by atoms with Gasteiger partial charge in [0.15, 0.2) is 0 Å². The van der Waals surface area contributed by atoms with Crippen molar-refractivity contribution in [3.05, 3.63) is 70.1 Å². The lowest BCUT2D eigenvalue weighted by atomic mass is 9.82. The number of rotatable bonds is 2. The third-order valence-electron chi connectivity index (χ3n) is 6.84. The normalized spacial score (nSPS) is 28.4. The van der Waals surface area contributed by atoms with Crippen molar-refractivity contribution in [1.82, 2.24) is 14.4 Å². The SMILES string of the molecule is CN1C(=O)C[C@H](C(=O)N2C[C@@H]3C[C@H](C2)c2cccc(=O)n2C3)[C@@H]1c1ccccc1. The van der Waals surface area contributed by atoms with Crippen LogP contribution in [-0.4, -0.2) is 46.3 Å². The molecule has 2 fully saturated rings. The highest BCUT2D eigenvalue weighted by molar-refractivity contribution is 5.90. The van der Waals surface area contributed by atoms with Crippen LogP contribution in [0.3, 0.4) is 0 Å². The molecule has 4 heterocycles. The van der Waals surface area contributed by atoms with E-state index in [4.69, 9.17) is 0 Å². The van der Waals surface area contributed by atoms with E-state index >= 15 is 0 Å². The Balaban J connectivity index is 1.42. The highest BCUT2D eigenvalue weighted by atomic mass is 16.2. The quantitative estimate of drug-likeness (QED) is 0.787. The van der Waals surface area contributed by atoms with E-state index in [1.54, 1.807) is 18.0 Å². The van der Waals surface area contributed by atoms with Crippen molar-refractivity contribution in [3.8, 4) is 0 Å². The van der Waals surface area contributed by atoms with E-state index in [9.17, 15) is 14.4 Å². The van der Waals surface area contributed by atoms with Crippen LogP contribution in [0.5, 0.6) is 0 Å². The molecule has 150 valence electrons. The third kappa shape index (κ3) is 2.98. The van der Waals surface area contributed by atoms with Crippen molar-refractivity contribution in [1.29, 1.82) is 0 Å². The van der Waals surface area contributed by atoms with Gasteiger partial charge in [0.05, 0.1) is 12.0 Å². The molecule has 0 radical (unpaired) electrons. The molecule has 1 aromatic heterocycles. The van der Waals surface area contributed by atoms with Gasteiger partial charge >= 0.3 is 0 Å². The van der Waals surface area contributed by atoms with Crippen molar-refractivity contribution in [2.75, 3.05) is 20.1 Å². The van der Waals surface area contributed by atoms with Gasteiger partial charge in [0, 0.05) is 50.8 Å². The molecule has 1 aromatic carbocycles. The number of likely N-dealkylation sites (tertiary alicyclic amines) is 2. The van der Waals surface area contributed by atoms with Crippen LogP contribution in [0.2, 0.25) is 0 Å². The molecular formula is C23H25N3O3. The predicted molar refractivity (Wildman–Crippen MR) is 108 cm³/mol. The number of aromatic nitrogens is 1. The Kier molecular flexibility index (Phi) is 4.30. The molecule has 2 bridgehead atoms. The van der Waals surface area contributed by atoms with Crippen molar-refractivity contribution in [2.24, 2.45) is 11.8 Å². The molecule has 2 saturated heterocycles. The average molecular weight is 391 g/mol. The molecule has 0 unspecified atom stereocenters. The zero-order valence-corrected chi connectivity index (χ0v) is 16.5. The summed E-state index contributed by atoms with van der Waals surface area (Å²) < 4.78 is 1.88. The molecule has 0 aliphatic carbocycles. The first kappa shape index (κ1) is 18.2. The number of benzene rings is 1. The van der Waals surface area contributed by atoms with Crippen LogP contribution in [0, 0.1) is 11.8 Å². The van der Waals surface area contributed by atoms with Crippen molar-refractivity contribution in [3.63, 3.8) is 0 Å². The highest BCUT2D eigenvalue weighted by Crippen LogP contribution is 2.41. The van der Waals surface area contributed by atoms with Crippen molar-refractivity contribution in [2.45, 2.75) is 31.3 Å². The Morgan fingerprint density at radius 2 is 1.76 bits per heavy atom. The van der Waals surface area contributed by atoms with Crippen LogP contribution < -0.4 is 5.56 Å². The highest BCUT2D eigenvalue weighted by Gasteiger charge is 2.46. The third-order valence-corrected chi connectivity index (χ3v) is 6.84. The summed E-state index contributed by atoms with van der Waals surface area (Å²) in [5, 5.41) is 0. The first-order valence-electron chi connectivity index (χ1n) is 10.3. The number of hydrogen-bond acceptors (Lipinski definition) is 3. The lowest BCUT2D eigenvalue weighted by Crippen LogP contribution is -2.51. The topological polar surface area (TPSA) is 62.6 Å². The number of carbonyl (C=O) groups excluding carboxylic acids is 2.